The minimum atomic E-state index is -0.555. The summed E-state index contributed by atoms with van der Waals surface area (Å²) >= 11 is 0. The molecule has 0 fully saturated rings. The van der Waals surface area contributed by atoms with E-state index >= 15 is 0 Å². The van der Waals surface area contributed by atoms with Gasteiger partial charge in [0.15, 0.2) is 0 Å². The summed E-state index contributed by atoms with van der Waals surface area (Å²) in [6.07, 6.45) is 0. The normalized spacial score (nSPS) is 19.1. The SMILES string of the molecule is CCOC(=O)C1=C(C)N(CC)/C(=N/N)N(N)C1c1cccc2ccccc12. The maximum absolute atomic E-state index is 12.9. The number of fused-ring (bicyclic) bond motifs is 1. The van der Waals surface area contributed by atoms with E-state index in [9.17, 15) is 4.79 Å². The molecule has 4 N–H and O–H groups in total. The van der Waals surface area contributed by atoms with Gasteiger partial charge in [-0.3, -0.25) is 5.01 Å². The molecular formula is C20H25N5O2. The number of nitrogens with two attached hydrogens (primary N) is 2. The number of esters is 1. The van der Waals surface area contributed by atoms with Crippen LogP contribution >= 0.6 is 0 Å². The minimum Gasteiger partial charge on any atom is -0.463 e. The van der Waals surface area contributed by atoms with Gasteiger partial charge < -0.3 is 15.5 Å². The lowest BCUT2D eigenvalue weighted by Gasteiger charge is -2.42. The van der Waals surface area contributed by atoms with Crippen LogP contribution in [0, 0.1) is 0 Å². The van der Waals surface area contributed by atoms with E-state index in [4.69, 9.17) is 16.4 Å². The molecule has 3 rings (SSSR count). The molecule has 1 unspecified atom stereocenters. The third-order valence-electron chi connectivity index (χ3n) is 4.86. The van der Waals surface area contributed by atoms with Crippen LogP contribution in [-0.4, -0.2) is 35.0 Å². The standard InChI is InChI=1S/C20H25N5O2/c1-4-24-13(3)17(19(26)27-5-2)18(25(22)20(24)23-21)16-12-8-10-14-9-6-7-11-15(14)16/h6-12,18H,4-5,21-22H2,1-3H3/b23-20-. The molecule has 1 aliphatic heterocycles. The molecule has 7 heteroatoms. The molecule has 1 heterocycles. The van der Waals surface area contributed by atoms with Gasteiger partial charge in [-0.05, 0) is 37.1 Å². The quantitative estimate of drug-likeness (QED) is 0.489. The molecule has 1 atom stereocenters. The smallest absolute Gasteiger partial charge is 0.338 e. The Morgan fingerprint density at radius 1 is 1.19 bits per heavy atom. The van der Waals surface area contributed by atoms with Crippen molar-refractivity contribution in [2.45, 2.75) is 26.8 Å². The van der Waals surface area contributed by atoms with Crippen LogP contribution in [0.2, 0.25) is 0 Å². The summed E-state index contributed by atoms with van der Waals surface area (Å²) < 4.78 is 5.35. The highest BCUT2D eigenvalue weighted by molar-refractivity contribution is 5.98. The summed E-state index contributed by atoms with van der Waals surface area (Å²) in [5.74, 6) is 12.1. The van der Waals surface area contributed by atoms with E-state index < -0.39 is 12.0 Å². The van der Waals surface area contributed by atoms with Crippen molar-refractivity contribution < 1.29 is 9.53 Å². The fourth-order valence-corrected chi connectivity index (χ4v) is 3.66. The summed E-state index contributed by atoms with van der Waals surface area (Å²) in [4.78, 5) is 14.7. The largest absolute Gasteiger partial charge is 0.463 e. The Balaban J connectivity index is 2.29. The first-order chi connectivity index (χ1) is 13.0. The lowest BCUT2D eigenvalue weighted by Crippen LogP contribution is -2.55. The zero-order valence-electron chi connectivity index (χ0n) is 15.8. The number of allylic oxidation sites excluding steroid dienone is 1. The zero-order valence-corrected chi connectivity index (χ0v) is 15.8. The highest BCUT2D eigenvalue weighted by Crippen LogP contribution is 2.38. The topological polar surface area (TPSA) is 97.2 Å². The molecule has 0 aliphatic carbocycles. The van der Waals surface area contributed by atoms with Gasteiger partial charge in [-0.2, -0.15) is 0 Å². The molecule has 142 valence electrons. The van der Waals surface area contributed by atoms with Crippen molar-refractivity contribution in [3.8, 4) is 0 Å². The Labute approximate surface area is 158 Å². The molecule has 0 spiro atoms. The summed E-state index contributed by atoms with van der Waals surface area (Å²) in [7, 11) is 0. The van der Waals surface area contributed by atoms with Gasteiger partial charge in [-0.15, -0.1) is 5.10 Å². The van der Waals surface area contributed by atoms with E-state index in [0.717, 1.165) is 22.0 Å². The van der Waals surface area contributed by atoms with Crippen molar-refractivity contribution in [2.75, 3.05) is 13.2 Å². The molecule has 27 heavy (non-hydrogen) atoms. The first kappa shape index (κ1) is 18.7. The number of carbonyl (C=O) groups excluding carboxylic acids is 1. The molecule has 2 aromatic carbocycles. The average molecular weight is 367 g/mol. The molecule has 2 aromatic rings. The third kappa shape index (κ3) is 3.10. The fraction of sp³-hybridized carbons (Fsp3) is 0.300. The number of benzene rings is 2. The number of rotatable bonds is 4. The molecule has 0 saturated heterocycles. The molecule has 0 bridgehead atoms. The van der Waals surface area contributed by atoms with Gasteiger partial charge in [0.1, 0.15) is 6.04 Å². The number of hydrogen-bond acceptors (Lipinski definition) is 5. The Bertz CT molecular complexity index is 916. The second kappa shape index (κ2) is 7.67. The minimum absolute atomic E-state index is 0.284. The molecule has 0 radical (unpaired) electrons. The average Bonchev–Trinajstić information content (AvgIpc) is 2.68. The van der Waals surface area contributed by atoms with E-state index in [2.05, 4.69) is 5.10 Å². The lowest BCUT2D eigenvalue weighted by molar-refractivity contribution is -0.139. The number of hydrazine groups is 1. The van der Waals surface area contributed by atoms with Crippen molar-refractivity contribution in [2.24, 2.45) is 16.8 Å². The van der Waals surface area contributed by atoms with E-state index in [-0.39, 0.29) is 6.61 Å². The van der Waals surface area contributed by atoms with Gasteiger partial charge in [0, 0.05) is 12.2 Å². The lowest BCUT2D eigenvalue weighted by atomic mass is 9.90. The highest BCUT2D eigenvalue weighted by Gasteiger charge is 2.40. The zero-order chi connectivity index (χ0) is 19.6. The number of carbonyl (C=O) groups is 1. The van der Waals surface area contributed by atoms with Crippen molar-refractivity contribution in [3.05, 3.63) is 59.3 Å². The Hall–Kier alpha value is -3.06. The van der Waals surface area contributed by atoms with Crippen LogP contribution in [0.25, 0.3) is 10.8 Å². The van der Waals surface area contributed by atoms with Gasteiger partial charge in [-0.25, -0.2) is 10.6 Å². The number of hydrazone groups is 1. The van der Waals surface area contributed by atoms with Gasteiger partial charge >= 0.3 is 5.97 Å². The number of nitrogens with zero attached hydrogens (tertiary/aromatic N) is 3. The molecule has 0 saturated carbocycles. The van der Waals surface area contributed by atoms with Crippen LogP contribution in [0.3, 0.4) is 0 Å². The summed E-state index contributed by atoms with van der Waals surface area (Å²) in [6.45, 7) is 6.46. The van der Waals surface area contributed by atoms with Gasteiger partial charge in [0.05, 0.1) is 12.2 Å². The predicted molar refractivity (Wildman–Crippen MR) is 106 cm³/mol. The van der Waals surface area contributed by atoms with Crippen LogP contribution in [0.4, 0.5) is 0 Å². The Kier molecular flexibility index (Phi) is 5.32. The second-order valence-corrected chi connectivity index (χ2v) is 6.27. The molecule has 0 amide bonds. The number of ether oxygens (including phenoxy) is 1. The maximum Gasteiger partial charge on any atom is 0.338 e. The van der Waals surface area contributed by atoms with Crippen LogP contribution in [0.5, 0.6) is 0 Å². The maximum atomic E-state index is 12.9. The fourth-order valence-electron chi connectivity index (χ4n) is 3.66. The van der Waals surface area contributed by atoms with Crippen LogP contribution in [0.15, 0.2) is 58.8 Å². The summed E-state index contributed by atoms with van der Waals surface area (Å²) in [5, 5.41) is 7.41. The predicted octanol–water partition coefficient (Wildman–Crippen LogP) is 2.46. The molecular weight excluding hydrogens is 342 g/mol. The van der Waals surface area contributed by atoms with Crippen molar-refractivity contribution in [1.82, 2.24) is 9.91 Å². The van der Waals surface area contributed by atoms with Crippen molar-refractivity contribution in [1.29, 1.82) is 0 Å². The van der Waals surface area contributed by atoms with Crippen molar-refractivity contribution >= 4 is 22.7 Å². The van der Waals surface area contributed by atoms with E-state index in [1.165, 1.54) is 5.01 Å². The Morgan fingerprint density at radius 3 is 2.56 bits per heavy atom. The Morgan fingerprint density at radius 2 is 1.89 bits per heavy atom. The van der Waals surface area contributed by atoms with E-state index in [0.29, 0.717) is 18.1 Å². The van der Waals surface area contributed by atoms with Crippen LogP contribution < -0.4 is 11.7 Å². The van der Waals surface area contributed by atoms with E-state index in [1.54, 1.807) is 6.92 Å². The summed E-state index contributed by atoms with van der Waals surface area (Å²) in [6, 6.07) is 13.4. The van der Waals surface area contributed by atoms with Crippen LogP contribution in [0.1, 0.15) is 32.4 Å². The molecule has 1 aliphatic rings. The third-order valence-corrected chi connectivity index (χ3v) is 4.86. The van der Waals surface area contributed by atoms with Crippen molar-refractivity contribution in [3.63, 3.8) is 0 Å². The number of hydrogen-bond donors (Lipinski definition) is 2. The molecule has 7 nitrogen and oxygen atoms in total. The first-order valence-corrected chi connectivity index (χ1v) is 9.00. The monoisotopic (exact) mass is 367 g/mol. The van der Waals surface area contributed by atoms with Gasteiger partial charge in [0.2, 0.25) is 5.96 Å². The number of guanidine groups is 1. The highest BCUT2D eigenvalue weighted by atomic mass is 16.5. The van der Waals surface area contributed by atoms with Gasteiger partial charge in [0.25, 0.3) is 0 Å². The second-order valence-electron chi connectivity index (χ2n) is 6.27. The van der Waals surface area contributed by atoms with Gasteiger partial charge in [-0.1, -0.05) is 42.5 Å². The summed E-state index contributed by atoms with van der Waals surface area (Å²) in [5.41, 5.74) is 2.12. The first-order valence-electron chi connectivity index (χ1n) is 9.00. The molecule has 0 aromatic heterocycles. The van der Waals surface area contributed by atoms with E-state index in [1.807, 2.05) is 61.2 Å². The van der Waals surface area contributed by atoms with Crippen LogP contribution in [-0.2, 0) is 9.53 Å².